The summed E-state index contributed by atoms with van der Waals surface area (Å²) in [5.74, 6) is 0.703. The quantitative estimate of drug-likeness (QED) is 0.373. The number of halogens is 1. The van der Waals surface area contributed by atoms with Crippen molar-refractivity contribution in [3.63, 3.8) is 0 Å². The summed E-state index contributed by atoms with van der Waals surface area (Å²) in [7, 11) is 5.21. The molecule has 0 aliphatic carbocycles. The summed E-state index contributed by atoms with van der Waals surface area (Å²) in [4.78, 5) is 17.6. The van der Waals surface area contributed by atoms with Crippen LogP contribution in [0.25, 0.3) is 0 Å². The van der Waals surface area contributed by atoms with Crippen LogP contribution >= 0.6 is 24.0 Å². The summed E-state index contributed by atoms with van der Waals surface area (Å²) in [6.45, 7) is 1.25. The largest absolute Gasteiger partial charge is 0.352 e. The van der Waals surface area contributed by atoms with E-state index in [1.54, 1.807) is 32.2 Å². The summed E-state index contributed by atoms with van der Waals surface area (Å²) < 4.78 is 0. The number of aromatic nitrogens is 2. The Kier molecular flexibility index (Phi) is 8.24. The van der Waals surface area contributed by atoms with E-state index in [9.17, 15) is 4.79 Å². The molecule has 130 valence electrons. The Morgan fingerprint density at radius 2 is 1.83 bits per heavy atom. The Labute approximate surface area is 159 Å². The van der Waals surface area contributed by atoms with Gasteiger partial charge >= 0.3 is 0 Å². The van der Waals surface area contributed by atoms with Gasteiger partial charge in [0.25, 0.3) is 5.91 Å². The fraction of sp³-hybridized carbons (Fsp3) is 0.312. The van der Waals surface area contributed by atoms with Gasteiger partial charge in [0.2, 0.25) is 0 Å². The molecule has 1 aromatic heterocycles. The van der Waals surface area contributed by atoms with Crippen molar-refractivity contribution in [2.75, 3.05) is 21.1 Å². The molecule has 0 spiro atoms. The summed E-state index contributed by atoms with van der Waals surface area (Å²) in [6.07, 6.45) is 1.71. The third-order valence-electron chi connectivity index (χ3n) is 3.30. The number of amides is 1. The molecular formula is C16H23IN6O. The predicted octanol–water partition coefficient (Wildman–Crippen LogP) is 1.59. The van der Waals surface area contributed by atoms with Gasteiger partial charge in [-0.1, -0.05) is 12.1 Å². The number of nitrogens with one attached hydrogen (secondary N) is 3. The van der Waals surface area contributed by atoms with Gasteiger partial charge in [-0.25, -0.2) is 0 Å². The van der Waals surface area contributed by atoms with E-state index in [0.717, 1.165) is 11.3 Å². The second-order valence-electron chi connectivity index (χ2n) is 5.26. The van der Waals surface area contributed by atoms with Crippen molar-refractivity contribution in [3.8, 4) is 0 Å². The summed E-state index contributed by atoms with van der Waals surface area (Å²) >= 11 is 0. The van der Waals surface area contributed by atoms with Gasteiger partial charge < -0.3 is 15.5 Å². The third kappa shape index (κ3) is 5.84. The fourth-order valence-electron chi connectivity index (χ4n) is 1.99. The van der Waals surface area contributed by atoms with Gasteiger partial charge in [0.15, 0.2) is 5.96 Å². The standard InChI is InChI=1S/C16H22N6O.HI/c1-17-16(19-11-14-8-9-20-21-14)18-10-12-4-6-13(7-5-12)15(23)22(2)3;/h4-9H,10-11H2,1-3H3,(H,20,21)(H2,17,18,19);1H. The average Bonchev–Trinajstić information content (AvgIpc) is 3.08. The van der Waals surface area contributed by atoms with E-state index in [1.165, 1.54) is 0 Å². The van der Waals surface area contributed by atoms with Gasteiger partial charge in [-0.15, -0.1) is 24.0 Å². The maximum Gasteiger partial charge on any atom is 0.253 e. The van der Waals surface area contributed by atoms with Crippen LogP contribution in [0.2, 0.25) is 0 Å². The molecule has 8 heteroatoms. The first-order valence-corrected chi connectivity index (χ1v) is 7.33. The van der Waals surface area contributed by atoms with Crippen molar-refractivity contribution >= 4 is 35.8 Å². The van der Waals surface area contributed by atoms with Crippen molar-refractivity contribution in [3.05, 3.63) is 53.3 Å². The Balaban J connectivity index is 0.00000288. The molecule has 1 heterocycles. The number of nitrogens with zero attached hydrogens (tertiary/aromatic N) is 3. The van der Waals surface area contributed by atoms with E-state index in [4.69, 9.17) is 0 Å². The van der Waals surface area contributed by atoms with Crippen molar-refractivity contribution < 1.29 is 4.79 Å². The monoisotopic (exact) mass is 442 g/mol. The van der Waals surface area contributed by atoms with Crippen molar-refractivity contribution in [1.82, 2.24) is 25.7 Å². The first-order valence-electron chi connectivity index (χ1n) is 7.33. The zero-order chi connectivity index (χ0) is 16.7. The van der Waals surface area contributed by atoms with Gasteiger partial charge in [-0.05, 0) is 23.8 Å². The molecular weight excluding hydrogens is 419 g/mol. The van der Waals surface area contributed by atoms with E-state index < -0.39 is 0 Å². The van der Waals surface area contributed by atoms with Gasteiger partial charge in [0, 0.05) is 39.4 Å². The van der Waals surface area contributed by atoms with Gasteiger partial charge in [-0.3, -0.25) is 14.9 Å². The average molecular weight is 442 g/mol. The number of guanidine groups is 1. The Morgan fingerprint density at radius 1 is 1.17 bits per heavy atom. The number of H-pyrrole nitrogens is 1. The lowest BCUT2D eigenvalue weighted by Crippen LogP contribution is -2.36. The van der Waals surface area contributed by atoms with Crippen LogP contribution in [-0.2, 0) is 13.1 Å². The highest BCUT2D eigenvalue weighted by Gasteiger charge is 2.07. The normalized spacial score (nSPS) is 10.7. The highest BCUT2D eigenvalue weighted by Crippen LogP contribution is 2.06. The van der Waals surface area contributed by atoms with E-state index in [-0.39, 0.29) is 29.9 Å². The van der Waals surface area contributed by atoms with E-state index in [0.29, 0.717) is 24.6 Å². The first kappa shape index (κ1) is 19.9. The van der Waals surface area contributed by atoms with Crippen LogP contribution in [-0.4, -0.2) is 48.1 Å². The number of carbonyl (C=O) groups is 1. The van der Waals surface area contributed by atoms with Gasteiger partial charge in [0.05, 0.1) is 12.2 Å². The third-order valence-corrected chi connectivity index (χ3v) is 3.30. The molecule has 0 aliphatic rings. The zero-order valence-electron chi connectivity index (χ0n) is 14.0. The topological polar surface area (TPSA) is 85.4 Å². The van der Waals surface area contributed by atoms with E-state index in [1.807, 2.05) is 30.3 Å². The number of aromatic amines is 1. The molecule has 1 aromatic carbocycles. The smallest absolute Gasteiger partial charge is 0.253 e. The minimum atomic E-state index is 0. The van der Waals surface area contributed by atoms with Crippen molar-refractivity contribution in [2.24, 2.45) is 4.99 Å². The van der Waals surface area contributed by atoms with Crippen LogP contribution in [0, 0.1) is 0 Å². The summed E-state index contributed by atoms with van der Waals surface area (Å²) in [6, 6.07) is 9.44. The molecule has 0 fully saturated rings. The van der Waals surface area contributed by atoms with Crippen LogP contribution in [0.4, 0.5) is 0 Å². The summed E-state index contributed by atoms with van der Waals surface area (Å²) in [5.41, 5.74) is 2.74. The predicted molar refractivity (Wildman–Crippen MR) is 106 cm³/mol. The van der Waals surface area contributed by atoms with Crippen LogP contribution < -0.4 is 10.6 Å². The van der Waals surface area contributed by atoms with Crippen molar-refractivity contribution in [1.29, 1.82) is 0 Å². The highest BCUT2D eigenvalue weighted by molar-refractivity contribution is 14.0. The number of benzene rings is 1. The molecule has 24 heavy (non-hydrogen) atoms. The minimum absolute atomic E-state index is 0. The lowest BCUT2D eigenvalue weighted by atomic mass is 10.1. The number of aliphatic imine (C=N–C) groups is 1. The van der Waals surface area contributed by atoms with Gasteiger partial charge in [-0.2, -0.15) is 5.10 Å². The molecule has 2 aromatic rings. The number of carbonyl (C=O) groups excluding carboxylic acids is 1. The molecule has 0 saturated heterocycles. The molecule has 0 radical (unpaired) electrons. The number of rotatable bonds is 5. The van der Waals surface area contributed by atoms with Crippen molar-refractivity contribution in [2.45, 2.75) is 13.1 Å². The molecule has 0 saturated carbocycles. The fourth-order valence-corrected chi connectivity index (χ4v) is 1.99. The molecule has 0 aliphatic heterocycles. The SMILES string of the molecule is CN=C(NCc1ccc(C(=O)N(C)C)cc1)NCc1ccn[nH]1.I. The lowest BCUT2D eigenvalue weighted by molar-refractivity contribution is 0.0827. The maximum atomic E-state index is 11.8. The summed E-state index contributed by atoms with van der Waals surface area (Å²) in [5, 5.41) is 13.2. The molecule has 1 amide bonds. The van der Waals surface area contributed by atoms with E-state index in [2.05, 4.69) is 25.8 Å². The Hall–Kier alpha value is -2.10. The van der Waals surface area contributed by atoms with Gasteiger partial charge in [0.1, 0.15) is 0 Å². The van der Waals surface area contributed by atoms with Crippen LogP contribution in [0.15, 0.2) is 41.5 Å². The molecule has 0 unspecified atom stereocenters. The first-order chi connectivity index (χ1) is 11.1. The van der Waals surface area contributed by atoms with Crippen LogP contribution in [0.5, 0.6) is 0 Å². The Bertz CT molecular complexity index is 652. The molecule has 2 rings (SSSR count). The van der Waals surface area contributed by atoms with E-state index >= 15 is 0 Å². The van der Waals surface area contributed by atoms with Crippen LogP contribution in [0.1, 0.15) is 21.6 Å². The molecule has 7 nitrogen and oxygen atoms in total. The second kappa shape index (κ2) is 9.91. The lowest BCUT2D eigenvalue weighted by Gasteiger charge is -2.12. The molecule has 0 bridgehead atoms. The Morgan fingerprint density at radius 3 is 2.38 bits per heavy atom. The maximum absolute atomic E-state index is 11.8. The number of hydrogen-bond acceptors (Lipinski definition) is 3. The minimum Gasteiger partial charge on any atom is -0.352 e. The highest BCUT2D eigenvalue weighted by atomic mass is 127. The van der Waals surface area contributed by atoms with Crippen LogP contribution in [0.3, 0.4) is 0 Å². The molecule has 3 N–H and O–H groups in total. The molecule has 0 atom stereocenters. The number of hydrogen-bond donors (Lipinski definition) is 3. The zero-order valence-corrected chi connectivity index (χ0v) is 16.4. The second-order valence-corrected chi connectivity index (χ2v) is 5.26.